The minimum atomic E-state index is -4.02. The van der Waals surface area contributed by atoms with Crippen LogP contribution in [0.4, 0.5) is 0 Å². The van der Waals surface area contributed by atoms with Crippen molar-refractivity contribution < 1.29 is 68.6 Å². The SMILES string of the molecule is Cc1ccc(C(=O)Cn2cncn2)c(C)c1.Cc1ccc(S(=O)(=O)O)cc1.Cc1ccc(S(=O)(=O)OC[C@@H](O)CO)cc1.Cc1ccc(S(=O)(=O)OC[C@@H]2CO[C@@](Cn3cncn3)(c3ccc(C)cc3C)O2)cc1.[2H][3H].[3H][3H]. The number of hydrogen-bond acceptors (Lipinski definition) is 17. The number of aliphatic hydroxyl groups is 2. The number of hydrogen-bond donors (Lipinski definition) is 3. The van der Waals surface area contributed by atoms with E-state index in [0.717, 1.165) is 50.1 Å². The molecule has 7 aromatic rings. The Hall–Kier alpha value is -6.38. The molecule has 0 radical (unpaired) electrons. The lowest BCUT2D eigenvalue weighted by Crippen LogP contribution is -2.35. The zero-order valence-electron chi connectivity index (χ0n) is 45.8. The fraction of sp³-hybridized carbons (Fsp3) is 0.314. The van der Waals surface area contributed by atoms with Gasteiger partial charge in [-0.15, -0.1) is 0 Å². The highest BCUT2D eigenvalue weighted by atomic mass is 32.2. The maximum Gasteiger partial charge on any atom is 0.297 e. The molecule has 0 saturated carbocycles. The Morgan fingerprint density at radius 1 is 0.716 bits per heavy atom. The van der Waals surface area contributed by atoms with Crippen molar-refractivity contribution in [1.82, 2.24) is 29.5 Å². The molecule has 0 aliphatic carbocycles. The Balaban J connectivity index is 0.000000289. The first-order chi connectivity index (χ1) is 36.9. The van der Waals surface area contributed by atoms with Crippen LogP contribution in [0.5, 0.6) is 0 Å². The molecule has 400 valence electrons. The molecule has 1 fully saturated rings. The molecule has 5 aromatic carbocycles. The zero-order chi connectivity index (χ0) is 58.3. The third-order valence-corrected chi connectivity index (χ3v) is 14.4. The second-order valence-electron chi connectivity index (χ2n) is 17.3. The molecule has 1 aliphatic rings. The maximum atomic E-state index is 12.5. The van der Waals surface area contributed by atoms with Gasteiger partial charge in [-0.3, -0.25) is 17.7 Å². The molecule has 2 aromatic heterocycles. The average Bonchev–Trinajstić information content (AvgIpc) is 4.23. The van der Waals surface area contributed by atoms with Crippen molar-refractivity contribution in [2.24, 2.45) is 0 Å². The summed E-state index contributed by atoms with van der Waals surface area (Å²) in [5, 5.41) is 25.6. The third kappa shape index (κ3) is 17.4. The molecule has 0 amide bonds. The van der Waals surface area contributed by atoms with Crippen LogP contribution in [0.3, 0.4) is 0 Å². The van der Waals surface area contributed by atoms with E-state index in [2.05, 4.69) is 30.4 Å². The van der Waals surface area contributed by atoms with E-state index in [9.17, 15) is 30.0 Å². The monoisotopic (exact) mass is 1090 g/mol. The fourth-order valence-corrected chi connectivity index (χ4v) is 9.40. The zero-order valence-corrected chi connectivity index (χ0v) is 44.3. The second-order valence-corrected chi connectivity index (χ2v) is 21.9. The van der Waals surface area contributed by atoms with Crippen LogP contribution in [-0.4, -0.2) is 114 Å². The van der Waals surface area contributed by atoms with E-state index in [-0.39, 0.29) is 46.8 Å². The van der Waals surface area contributed by atoms with Crippen LogP contribution in [-0.2, 0) is 67.1 Å². The summed E-state index contributed by atoms with van der Waals surface area (Å²) in [7, 11) is -11.8. The van der Waals surface area contributed by atoms with Gasteiger partial charge in [-0.1, -0.05) is 101 Å². The number of Topliss-reactive ketones (excluding diaryl/α,β-unsaturated/α-hetero) is 1. The van der Waals surface area contributed by atoms with Crippen molar-refractivity contribution in [3.63, 3.8) is 0 Å². The van der Waals surface area contributed by atoms with Gasteiger partial charge in [-0.25, -0.2) is 19.3 Å². The van der Waals surface area contributed by atoms with Gasteiger partial charge >= 0.3 is 0 Å². The van der Waals surface area contributed by atoms with Crippen LogP contribution < -0.4 is 0 Å². The van der Waals surface area contributed by atoms with Crippen LogP contribution in [0.25, 0.3) is 0 Å². The Labute approximate surface area is 437 Å². The first-order valence-corrected chi connectivity index (χ1v) is 27.1. The molecule has 1 aliphatic heterocycles. The number of carbonyl (C=O) groups is 1. The number of benzene rings is 5. The molecule has 74 heavy (non-hydrogen) atoms. The summed E-state index contributed by atoms with van der Waals surface area (Å²) in [6.07, 6.45) is 4.24. The van der Waals surface area contributed by atoms with E-state index < -0.39 is 61.6 Å². The number of rotatable bonds is 16. The standard InChI is InChI=1S/C22H25N3O5S.C12H13N3O.C10H14O5S.C7H8O3S.2H2/c1-16-4-7-20(8-5-16)31(26,27)29-12-19-11-28-22(30-19,13-25-15-23-14-24-25)21-9-6-17(2)10-18(21)3;1-9-3-4-11(10(2)5-9)12(16)6-15-8-13-7-14-15;1-8-2-4-10(5-3-8)16(13,14)15-7-9(12)6-11;1-6-2-4-7(5-3-6)11(8,9)10;;/h4-10,14-15,19H,11-13H2,1-3H3;3-5,7-8H,6H2,1-2H3;2-5,9,11-12H,6-7H2,1H3;2-5H,1H3,(H,8,9,10);2*1H/t19-,22+;;9-;;;/m0.0.../s1/i;;;;1+2T;1+2D. The molecule has 3 atom stereocenters. The molecule has 23 heteroatoms. The predicted octanol–water partition coefficient (Wildman–Crippen LogP) is 6.44. The smallest absolute Gasteiger partial charge is 0.297 e. The lowest BCUT2D eigenvalue weighted by molar-refractivity contribution is -0.191. The molecule has 20 nitrogen and oxygen atoms in total. The maximum absolute atomic E-state index is 12.5. The van der Waals surface area contributed by atoms with Crippen LogP contribution in [0.2, 0.25) is 0 Å². The topological polar surface area (TPSA) is 279 Å². The summed E-state index contributed by atoms with van der Waals surface area (Å²) < 4.78 is 123. The van der Waals surface area contributed by atoms with E-state index in [1.54, 1.807) is 53.7 Å². The summed E-state index contributed by atoms with van der Waals surface area (Å²) in [6, 6.07) is 30.5. The minimum Gasteiger partial charge on any atom is -0.394 e. The number of ether oxygens (including phenoxy) is 2. The Morgan fingerprint density at radius 3 is 1.66 bits per heavy atom. The molecule has 8 rings (SSSR count). The molecule has 0 unspecified atom stereocenters. The fourth-order valence-electron chi connectivity index (χ4n) is 7.04. The van der Waals surface area contributed by atoms with Gasteiger partial charge in [0, 0.05) is 17.1 Å². The van der Waals surface area contributed by atoms with Gasteiger partial charge in [-0.2, -0.15) is 35.5 Å². The van der Waals surface area contributed by atoms with Gasteiger partial charge in [0.2, 0.25) is 5.79 Å². The number of aromatic nitrogens is 6. The molecule has 0 spiro atoms. The summed E-state index contributed by atoms with van der Waals surface area (Å²) in [6.45, 7) is 13.1. The van der Waals surface area contributed by atoms with E-state index in [0.29, 0.717) is 0 Å². The quantitative estimate of drug-likeness (QED) is 0.0533. The number of aliphatic hydroxyl groups excluding tert-OH is 2. The van der Waals surface area contributed by atoms with Gasteiger partial charge in [0.25, 0.3) is 30.4 Å². The number of ketones is 1. The van der Waals surface area contributed by atoms with E-state index in [4.69, 9.17) is 34.4 Å². The molecular weight excluding hydrogens is 1020 g/mol. The predicted molar refractivity (Wildman–Crippen MR) is 276 cm³/mol. The number of carbonyl (C=O) groups excluding carboxylic acids is 1. The van der Waals surface area contributed by atoms with E-state index in [1.165, 1.54) is 53.7 Å². The van der Waals surface area contributed by atoms with Crippen molar-refractivity contribution in [3.8, 4) is 0 Å². The summed E-state index contributed by atoms with van der Waals surface area (Å²) in [4.78, 5) is 19.8. The van der Waals surface area contributed by atoms with Crippen molar-refractivity contribution in [2.75, 3.05) is 26.4 Å². The van der Waals surface area contributed by atoms with E-state index >= 15 is 0 Å². The normalized spacial score (nSPS) is 16.1. The number of nitrogens with zero attached hydrogens (tertiary/aromatic N) is 6. The summed E-state index contributed by atoms with van der Waals surface area (Å²) in [5.41, 5.74) is 8.77. The highest BCUT2D eigenvalue weighted by Crippen LogP contribution is 2.38. The minimum absolute atomic E-state index is 0.0308. The number of aryl methyl sites for hydroxylation is 7. The van der Waals surface area contributed by atoms with Crippen molar-refractivity contribution in [1.29, 1.82) is 0 Å². The van der Waals surface area contributed by atoms with Gasteiger partial charge < -0.3 is 19.7 Å². The highest BCUT2D eigenvalue weighted by molar-refractivity contribution is 7.87. The summed E-state index contributed by atoms with van der Waals surface area (Å²) >= 11 is 0. The van der Waals surface area contributed by atoms with Gasteiger partial charge in [-0.05, 0) is 96.0 Å². The first kappa shape index (κ1) is 55.4. The molecule has 1 saturated heterocycles. The third-order valence-electron chi connectivity index (χ3n) is 10.9. The van der Waals surface area contributed by atoms with Crippen LogP contribution in [0.15, 0.2) is 149 Å². The van der Waals surface area contributed by atoms with E-state index in [1.807, 2.05) is 78.8 Å². The molecular formula is C51H64N6O14S3. The first-order valence-electron chi connectivity index (χ1n) is 24.8. The van der Waals surface area contributed by atoms with Crippen LogP contribution >= 0.6 is 0 Å². The summed E-state index contributed by atoms with van der Waals surface area (Å²) in [5.74, 6) is -1.06. The van der Waals surface area contributed by atoms with Gasteiger partial charge in [0.05, 0.1) is 41.1 Å². The lowest BCUT2D eigenvalue weighted by atomic mass is 9.98. The second kappa shape index (κ2) is 26.2. The molecule has 3 heterocycles. The average molecular weight is 1090 g/mol. The van der Waals surface area contributed by atoms with Gasteiger partial charge in [0.1, 0.15) is 50.6 Å². The van der Waals surface area contributed by atoms with Gasteiger partial charge in [0.15, 0.2) is 5.78 Å². The Kier molecular flexibility index (Phi) is 19.6. The lowest BCUT2D eigenvalue weighted by Gasteiger charge is -2.30. The van der Waals surface area contributed by atoms with Crippen molar-refractivity contribution >= 4 is 36.1 Å². The van der Waals surface area contributed by atoms with Crippen LogP contribution in [0, 0.1) is 48.5 Å². The molecule has 0 bridgehead atoms. The molecule has 3 N–H and O–H groups in total. The van der Waals surface area contributed by atoms with Crippen LogP contribution in [0.1, 0.15) is 60.8 Å². The largest absolute Gasteiger partial charge is 0.394 e. The van der Waals surface area contributed by atoms with Crippen molar-refractivity contribution in [2.45, 2.75) is 94.2 Å². The Bertz CT molecular complexity index is 3270. The van der Waals surface area contributed by atoms with Crippen molar-refractivity contribution in [3.05, 3.63) is 185 Å². The Morgan fingerprint density at radius 2 is 1.19 bits per heavy atom. The highest BCUT2D eigenvalue weighted by Gasteiger charge is 2.45.